The molecule has 0 aliphatic heterocycles. The topological polar surface area (TPSA) is 97.2 Å². The summed E-state index contributed by atoms with van der Waals surface area (Å²) in [6, 6.07) is 14.1. The number of aromatic amines is 1. The monoisotopic (exact) mass is 493 g/mol. The van der Waals surface area contributed by atoms with Gasteiger partial charge in [-0.15, -0.1) is 0 Å². The number of rotatable bonds is 6. The Kier molecular flexibility index (Phi) is 5.30. The molecule has 0 atom stereocenters. The van der Waals surface area contributed by atoms with Gasteiger partial charge < -0.3 is 14.5 Å². The summed E-state index contributed by atoms with van der Waals surface area (Å²) in [5, 5.41) is 10.3. The lowest BCUT2D eigenvalue weighted by Gasteiger charge is -2.08. The number of hydrogen-bond donors (Lipinski definition) is 2. The zero-order valence-electron chi connectivity index (χ0n) is 17.3. The maximum Gasteiger partial charge on any atom is 0.229 e. The van der Waals surface area contributed by atoms with Crippen molar-refractivity contribution in [3.8, 4) is 17.1 Å². The van der Waals surface area contributed by atoms with Gasteiger partial charge in [0.15, 0.2) is 16.8 Å². The Morgan fingerprint density at radius 2 is 2.00 bits per heavy atom. The summed E-state index contributed by atoms with van der Waals surface area (Å²) < 4.78 is 11.8. The van der Waals surface area contributed by atoms with E-state index in [1.165, 1.54) is 6.07 Å². The van der Waals surface area contributed by atoms with Crippen LogP contribution in [-0.2, 0) is 11.2 Å². The number of methoxy groups -OCH3 is 1. The van der Waals surface area contributed by atoms with Gasteiger partial charge in [0.25, 0.3) is 0 Å². The zero-order chi connectivity index (χ0) is 22.2. The van der Waals surface area contributed by atoms with Gasteiger partial charge in [-0.05, 0) is 70.7 Å². The number of fused-ring (bicyclic) bond motifs is 1. The zero-order valence-corrected chi connectivity index (χ0v) is 18.9. The van der Waals surface area contributed by atoms with E-state index >= 15 is 0 Å². The van der Waals surface area contributed by atoms with Crippen molar-refractivity contribution in [3.63, 3.8) is 0 Å². The standard InChI is InChI=1S/C24H20BrN3O4/c1-31-16-6-4-15(5-7-16)21-12-20(29)17-8-13(9-18(25)24(17)32-21)10-23(30)26-22-11-19(27-28-22)14-2-3-14/h4-9,11-12,14H,2-3,10H2,1H3,(H2,26,27,28,30). The number of carbonyl (C=O) groups excluding carboxylic acids is 1. The Hall–Kier alpha value is -3.39. The first-order chi connectivity index (χ1) is 15.5. The van der Waals surface area contributed by atoms with Crippen molar-refractivity contribution in [2.24, 2.45) is 0 Å². The molecule has 1 aliphatic rings. The number of nitrogens with one attached hydrogen (secondary N) is 2. The highest BCUT2D eigenvalue weighted by atomic mass is 79.9. The quantitative estimate of drug-likeness (QED) is 0.393. The molecule has 1 fully saturated rings. The molecule has 0 radical (unpaired) electrons. The molecule has 1 aliphatic carbocycles. The molecular weight excluding hydrogens is 474 g/mol. The summed E-state index contributed by atoms with van der Waals surface area (Å²) in [4.78, 5) is 25.3. The number of nitrogens with zero attached hydrogens (tertiary/aromatic N) is 1. The van der Waals surface area contributed by atoms with Crippen LogP contribution >= 0.6 is 15.9 Å². The van der Waals surface area contributed by atoms with Crippen LogP contribution in [0.2, 0.25) is 0 Å². The summed E-state index contributed by atoms with van der Waals surface area (Å²) in [5.41, 5.74) is 2.78. The molecule has 0 bridgehead atoms. The normalized spacial score (nSPS) is 13.3. The van der Waals surface area contributed by atoms with Crippen molar-refractivity contribution in [3.05, 3.63) is 74.5 Å². The van der Waals surface area contributed by atoms with E-state index in [0.29, 0.717) is 38.5 Å². The number of ether oxygens (including phenoxy) is 1. The largest absolute Gasteiger partial charge is 0.497 e. The molecule has 1 saturated carbocycles. The molecule has 0 saturated heterocycles. The highest BCUT2D eigenvalue weighted by Gasteiger charge is 2.25. The minimum Gasteiger partial charge on any atom is -0.497 e. The molecule has 2 aromatic carbocycles. The lowest BCUT2D eigenvalue weighted by molar-refractivity contribution is -0.115. The second-order valence-corrected chi connectivity index (χ2v) is 8.72. The Morgan fingerprint density at radius 3 is 2.72 bits per heavy atom. The number of aromatic nitrogens is 2. The summed E-state index contributed by atoms with van der Waals surface area (Å²) in [7, 11) is 1.60. The molecule has 7 nitrogen and oxygen atoms in total. The molecule has 8 heteroatoms. The van der Waals surface area contributed by atoms with Gasteiger partial charge in [-0.3, -0.25) is 14.7 Å². The third-order valence-electron chi connectivity index (χ3n) is 5.46. The first-order valence-electron chi connectivity index (χ1n) is 10.3. The van der Waals surface area contributed by atoms with Crippen LogP contribution < -0.4 is 15.5 Å². The van der Waals surface area contributed by atoms with Gasteiger partial charge >= 0.3 is 0 Å². The van der Waals surface area contributed by atoms with Gasteiger partial charge in [-0.1, -0.05) is 0 Å². The SMILES string of the molecule is COc1ccc(-c2cc(=O)c3cc(CC(=O)Nc4cc(C5CC5)[nH]n4)cc(Br)c3o2)cc1. The third kappa shape index (κ3) is 4.18. The highest BCUT2D eigenvalue weighted by molar-refractivity contribution is 9.10. The van der Waals surface area contributed by atoms with E-state index in [4.69, 9.17) is 9.15 Å². The van der Waals surface area contributed by atoms with Gasteiger partial charge in [0.2, 0.25) is 5.91 Å². The van der Waals surface area contributed by atoms with Crippen LogP contribution in [0.1, 0.15) is 30.0 Å². The van der Waals surface area contributed by atoms with Crippen molar-refractivity contribution in [2.75, 3.05) is 12.4 Å². The van der Waals surface area contributed by atoms with Crippen molar-refractivity contribution in [2.45, 2.75) is 25.2 Å². The summed E-state index contributed by atoms with van der Waals surface area (Å²) in [6.45, 7) is 0. The highest BCUT2D eigenvalue weighted by Crippen LogP contribution is 2.39. The van der Waals surface area contributed by atoms with Gasteiger partial charge in [-0.25, -0.2) is 0 Å². The van der Waals surface area contributed by atoms with E-state index in [0.717, 1.165) is 29.8 Å². The van der Waals surface area contributed by atoms with E-state index in [2.05, 4.69) is 31.4 Å². The molecule has 4 aromatic rings. The van der Waals surface area contributed by atoms with Crippen LogP contribution in [0.3, 0.4) is 0 Å². The lowest BCUT2D eigenvalue weighted by Crippen LogP contribution is -2.15. The molecule has 2 N–H and O–H groups in total. The smallest absolute Gasteiger partial charge is 0.229 e. The first kappa shape index (κ1) is 20.5. The van der Waals surface area contributed by atoms with E-state index in [1.54, 1.807) is 19.2 Å². The van der Waals surface area contributed by atoms with Gasteiger partial charge in [0.05, 0.1) is 23.4 Å². The maximum absolute atomic E-state index is 12.8. The third-order valence-corrected chi connectivity index (χ3v) is 6.05. The minimum absolute atomic E-state index is 0.111. The Morgan fingerprint density at radius 1 is 1.22 bits per heavy atom. The number of anilines is 1. The average molecular weight is 494 g/mol. The number of amides is 1. The predicted molar refractivity (Wildman–Crippen MR) is 125 cm³/mol. The molecule has 32 heavy (non-hydrogen) atoms. The molecule has 0 spiro atoms. The van der Waals surface area contributed by atoms with Crippen molar-refractivity contribution >= 4 is 38.6 Å². The van der Waals surface area contributed by atoms with Crippen molar-refractivity contribution in [1.82, 2.24) is 10.2 Å². The number of carbonyl (C=O) groups is 1. The second kappa shape index (κ2) is 8.27. The summed E-state index contributed by atoms with van der Waals surface area (Å²) >= 11 is 3.49. The predicted octanol–water partition coefficient (Wildman–Crippen LogP) is 5.01. The van der Waals surface area contributed by atoms with E-state index in [-0.39, 0.29) is 17.8 Å². The Bertz CT molecular complexity index is 1370. The Balaban J connectivity index is 1.39. The van der Waals surface area contributed by atoms with Gasteiger partial charge in [-0.2, -0.15) is 5.10 Å². The molecule has 5 rings (SSSR count). The lowest BCUT2D eigenvalue weighted by atomic mass is 10.1. The van der Waals surface area contributed by atoms with Crippen LogP contribution in [0.25, 0.3) is 22.3 Å². The molecule has 162 valence electrons. The average Bonchev–Trinajstić information content (AvgIpc) is 3.53. The number of benzene rings is 2. The molecular formula is C24H20BrN3O4. The van der Waals surface area contributed by atoms with Gasteiger partial charge in [0.1, 0.15) is 11.5 Å². The molecule has 2 heterocycles. The molecule has 1 amide bonds. The van der Waals surface area contributed by atoms with E-state index in [9.17, 15) is 9.59 Å². The van der Waals surface area contributed by atoms with Crippen LogP contribution in [0.5, 0.6) is 5.75 Å². The summed E-state index contributed by atoms with van der Waals surface area (Å²) in [5.74, 6) is 2.03. The number of hydrogen-bond acceptors (Lipinski definition) is 5. The van der Waals surface area contributed by atoms with Crippen molar-refractivity contribution < 1.29 is 13.9 Å². The van der Waals surface area contributed by atoms with Gasteiger partial charge in [0, 0.05) is 29.3 Å². The fourth-order valence-electron chi connectivity index (χ4n) is 3.65. The van der Waals surface area contributed by atoms with Crippen LogP contribution in [-0.4, -0.2) is 23.2 Å². The summed E-state index contributed by atoms with van der Waals surface area (Å²) in [6.07, 6.45) is 2.42. The molecule has 2 aromatic heterocycles. The second-order valence-electron chi connectivity index (χ2n) is 7.87. The first-order valence-corrected chi connectivity index (χ1v) is 11.1. The van der Waals surface area contributed by atoms with E-state index < -0.39 is 0 Å². The van der Waals surface area contributed by atoms with Crippen molar-refractivity contribution in [1.29, 1.82) is 0 Å². The fourth-order valence-corrected chi connectivity index (χ4v) is 4.24. The van der Waals surface area contributed by atoms with Crippen LogP contribution in [0.4, 0.5) is 5.82 Å². The minimum atomic E-state index is -0.204. The maximum atomic E-state index is 12.8. The molecule has 0 unspecified atom stereocenters. The Labute approximate surface area is 191 Å². The number of halogens is 1. The van der Waals surface area contributed by atoms with Crippen LogP contribution in [0, 0.1) is 0 Å². The number of H-pyrrole nitrogens is 1. The fraction of sp³-hybridized carbons (Fsp3) is 0.208. The van der Waals surface area contributed by atoms with E-state index in [1.807, 2.05) is 30.3 Å². The van der Waals surface area contributed by atoms with Crippen LogP contribution in [0.15, 0.2) is 62.2 Å².